The Morgan fingerprint density at radius 3 is 2.77 bits per heavy atom. The first kappa shape index (κ1) is 21.5. The number of esters is 1. The highest BCUT2D eigenvalue weighted by molar-refractivity contribution is 7.15. The summed E-state index contributed by atoms with van der Waals surface area (Å²) in [5, 5.41) is 4.48. The number of carbonyl (C=O) groups excluding carboxylic acids is 2. The van der Waals surface area contributed by atoms with E-state index in [0.29, 0.717) is 28.6 Å². The molecule has 0 saturated heterocycles. The van der Waals surface area contributed by atoms with Crippen LogP contribution >= 0.6 is 11.3 Å². The lowest BCUT2D eigenvalue weighted by molar-refractivity contribution is -0.148. The van der Waals surface area contributed by atoms with Crippen molar-refractivity contribution in [2.45, 2.75) is 33.4 Å². The lowest BCUT2D eigenvalue weighted by Crippen LogP contribution is -2.45. The van der Waals surface area contributed by atoms with Crippen molar-refractivity contribution >= 4 is 28.2 Å². The number of nitrogens with one attached hydrogen (secondary N) is 1. The smallest absolute Gasteiger partial charge is 0.329 e. The number of carbonyl (C=O) groups is 2. The molecule has 1 atom stereocenters. The number of rotatable bonds is 8. The van der Waals surface area contributed by atoms with Gasteiger partial charge in [-0.05, 0) is 25.0 Å². The molecule has 2 aromatic heterocycles. The van der Waals surface area contributed by atoms with Gasteiger partial charge in [-0.15, -0.1) is 11.3 Å². The quantitative estimate of drug-likeness (QED) is 0.553. The van der Waals surface area contributed by atoms with Crippen LogP contribution in [0, 0.1) is 5.92 Å². The van der Waals surface area contributed by atoms with Gasteiger partial charge in [0.05, 0.1) is 17.9 Å². The van der Waals surface area contributed by atoms with Crippen LogP contribution in [0.5, 0.6) is 5.75 Å². The Morgan fingerprint density at radius 1 is 1.27 bits per heavy atom. The zero-order chi connectivity index (χ0) is 21.7. The number of thiazole rings is 1. The lowest BCUT2D eigenvalue weighted by Gasteiger charge is -2.21. The number of hydrogen-bond donors (Lipinski definition) is 1. The molecule has 0 aliphatic carbocycles. The summed E-state index contributed by atoms with van der Waals surface area (Å²) in [6.07, 6.45) is 1.63. The Morgan fingerprint density at radius 2 is 2.03 bits per heavy atom. The number of nitrogens with zero attached hydrogens (tertiary/aromatic N) is 2. The summed E-state index contributed by atoms with van der Waals surface area (Å²) in [6, 6.07) is 7.30. The van der Waals surface area contributed by atoms with Crippen molar-refractivity contribution in [1.82, 2.24) is 14.7 Å². The lowest BCUT2D eigenvalue weighted by atomic mass is 10.0. The third-order valence-corrected chi connectivity index (χ3v) is 5.11. The van der Waals surface area contributed by atoms with Crippen molar-refractivity contribution in [3.63, 3.8) is 0 Å². The summed E-state index contributed by atoms with van der Waals surface area (Å²) in [4.78, 5) is 42.3. The number of ether oxygens (including phenoxy) is 2. The minimum absolute atomic E-state index is 0.156. The Hall–Kier alpha value is -3.20. The average Bonchev–Trinajstić information content (AvgIpc) is 3.20. The van der Waals surface area contributed by atoms with Crippen molar-refractivity contribution in [3.05, 3.63) is 63.5 Å². The van der Waals surface area contributed by atoms with E-state index in [2.05, 4.69) is 10.3 Å². The highest BCUT2D eigenvalue weighted by Crippen LogP contribution is 2.19. The third kappa shape index (κ3) is 4.85. The molecule has 3 rings (SSSR count). The van der Waals surface area contributed by atoms with Crippen molar-refractivity contribution in [3.8, 4) is 5.75 Å². The first-order valence-electron chi connectivity index (χ1n) is 9.55. The van der Waals surface area contributed by atoms with E-state index in [-0.39, 0.29) is 18.1 Å². The van der Waals surface area contributed by atoms with Crippen LogP contribution in [0.1, 0.15) is 36.8 Å². The van der Waals surface area contributed by atoms with Gasteiger partial charge in [0.25, 0.3) is 11.5 Å². The molecule has 1 amide bonds. The summed E-state index contributed by atoms with van der Waals surface area (Å²) in [6.45, 7) is 5.71. The summed E-state index contributed by atoms with van der Waals surface area (Å²) in [5.41, 5.74) is 0.454. The topological polar surface area (TPSA) is 99.0 Å². The molecule has 9 heteroatoms. The number of para-hydroxylation sites is 1. The second-order valence-electron chi connectivity index (χ2n) is 6.87. The molecule has 1 N–H and O–H groups in total. The Kier molecular flexibility index (Phi) is 6.83. The van der Waals surface area contributed by atoms with E-state index in [1.807, 2.05) is 20.8 Å². The fourth-order valence-corrected chi connectivity index (χ4v) is 3.59. The van der Waals surface area contributed by atoms with Crippen LogP contribution in [0.4, 0.5) is 0 Å². The molecule has 0 spiro atoms. The molecule has 1 unspecified atom stereocenters. The second kappa shape index (κ2) is 9.53. The standard InChI is InChI=1S/C21H23N3O5S/c1-4-28-16-8-6-5-7-15(16)19(26)23-18(13(2)3)20(27)29-12-14-11-17(25)24-9-10-30-21(24)22-14/h5-11,13,18H,4,12H2,1-3H3,(H,23,26). The van der Waals surface area contributed by atoms with Crippen LogP contribution in [0.25, 0.3) is 4.96 Å². The molecule has 0 radical (unpaired) electrons. The van der Waals surface area contributed by atoms with Crippen LogP contribution in [0.3, 0.4) is 0 Å². The molecular weight excluding hydrogens is 406 g/mol. The zero-order valence-corrected chi connectivity index (χ0v) is 17.8. The number of hydrogen-bond acceptors (Lipinski definition) is 7. The average molecular weight is 429 g/mol. The van der Waals surface area contributed by atoms with Gasteiger partial charge in [0.2, 0.25) is 0 Å². The molecule has 0 fully saturated rings. The highest BCUT2D eigenvalue weighted by Gasteiger charge is 2.27. The van der Waals surface area contributed by atoms with E-state index in [4.69, 9.17) is 9.47 Å². The van der Waals surface area contributed by atoms with Gasteiger partial charge in [-0.25, -0.2) is 9.78 Å². The fraction of sp³-hybridized carbons (Fsp3) is 0.333. The highest BCUT2D eigenvalue weighted by atomic mass is 32.1. The van der Waals surface area contributed by atoms with Crippen LogP contribution in [-0.4, -0.2) is 33.9 Å². The van der Waals surface area contributed by atoms with Crippen LogP contribution in [0.2, 0.25) is 0 Å². The Bertz CT molecular complexity index is 1110. The molecule has 0 saturated carbocycles. The first-order valence-corrected chi connectivity index (χ1v) is 10.4. The molecule has 0 aliphatic heterocycles. The fourth-order valence-electron chi connectivity index (χ4n) is 2.85. The molecule has 1 aromatic carbocycles. The third-order valence-electron chi connectivity index (χ3n) is 4.36. The maximum absolute atomic E-state index is 12.7. The van der Waals surface area contributed by atoms with E-state index in [1.54, 1.807) is 35.8 Å². The number of aromatic nitrogens is 2. The maximum Gasteiger partial charge on any atom is 0.329 e. The number of amides is 1. The molecule has 0 aliphatic rings. The molecule has 30 heavy (non-hydrogen) atoms. The molecule has 0 bridgehead atoms. The van der Waals surface area contributed by atoms with Crippen LogP contribution < -0.4 is 15.6 Å². The molecule has 3 aromatic rings. The van der Waals surface area contributed by atoms with Gasteiger partial charge in [-0.3, -0.25) is 14.0 Å². The first-order chi connectivity index (χ1) is 14.4. The molecule has 8 nitrogen and oxygen atoms in total. The predicted octanol–water partition coefficient (Wildman–Crippen LogP) is 2.65. The van der Waals surface area contributed by atoms with E-state index in [1.165, 1.54) is 21.8 Å². The van der Waals surface area contributed by atoms with E-state index in [0.717, 1.165) is 0 Å². The van der Waals surface area contributed by atoms with Gasteiger partial charge in [0.1, 0.15) is 18.4 Å². The normalized spacial score (nSPS) is 12.0. The van der Waals surface area contributed by atoms with Crippen molar-refractivity contribution < 1.29 is 19.1 Å². The van der Waals surface area contributed by atoms with Crippen molar-refractivity contribution in [2.75, 3.05) is 6.61 Å². The van der Waals surface area contributed by atoms with E-state index < -0.39 is 17.9 Å². The number of fused-ring (bicyclic) bond motifs is 1. The Labute approximate surface area is 177 Å². The largest absolute Gasteiger partial charge is 0.493 e. The maximum atomic E-state index is 12.7. The molecular formula is C21H23N3O5S. The molecule has 158 valence electrons. The van der Waals surface area contributed by atoms with Gasteiger partial charge in [0.15, 0.2) is 4.96 Å². The predicted molar refractivity (Wildman–Crippen MR) is 113 cm³/mol. The van der Waals surface area contributed by atoms with Gasteiger partial charge in [-0.1, -0.05) is 26.0 Å². The summed E-state index contributed by atoms with van der Waals surface area (Å²) >= 11 is 1.31. The second-order valence-corrected chi connectivity index (χ2v) is 7.75. The van der Waals surface area contributed by atoms with Crippen LogP contribution in [0.15, 0.2) is 46.7 Å². The van der Waals surface area contributed by atoms with Crippen LogP contribution in [-0.2, 0) is 16.1 Å². The minimum Gasteiger partial charge on any atom is -0.493 e. The van der Waals surface area contributed by atoms with E-state index >= 15 is 0 Å². The molecule has 2 heterocycles. The number of benzene rings is 1. The van der Waals surface area contributed by atoms with Crippen molar-refractivity contribution in [2.24, 2.45) is 5.92 Å². The van der Waals surface area contributed by atoms with Crippen molar-refractivity contribution in [1.29, 1.82) is 0 Å². The summed E-state index contributed by atoms with van der Waals surface area (Å²) < 4.78 is 12.3. The van der Waals surface area contributed by atoms with E-state index in [9.17, 15) is 14.4 Å². The summed E-state index contributed by atoms with van der Waals surface area (Å²) in [5.74, 6) is -0.784. The zero-order valence-electron chi connectivity index (χ0n) is 17.0. The Balaban J connectivity index is 1.70. The monoisotopic (exact) mass is 429 g/mol. The minimum atomic E-state index is -0.862. The van der Waals surface area contributed by atoms with Gasteiger partial charge < -0.3 is 14.8 Å². The SMILES string of the molecule is CCOc1ccccc1C(=O)NC(C(=O)OCc1cc(=O)n2ccsc2n1)C(C)C. The van der Waals surface area contributed by atoms with Gasteiger partial charge >= 0.3 is 5.97 Å². The summed E-state index contributed by atoms with van der Waals surface area (Å²) in [7, 11) is 0. The van der Waals surface area contributed by atoms with Gasteiger partial charge in [0, 0.05) is 17.6 Å². The van der Waals surface area contributed by atoms with Gasteiger partial charge in [-0.2, -0.15) is 0 Å².